The van der Waals surface area contributed by atoms with Crippen LogP contribution in [-0.2, 0) is 4.79 Å². The van der Waals surface area contributed by atoms with Gasteiger partial charge >= 0.3 is 6.03 Å². The van der Waals surface area contributed by atoms with E-state index in [9.17, 15) is 14.4 Å². The third-order valence-corrected chi connectivity index (χ3v) is 4.97. The quantitative estimate of drug-likeness (QED) is 0.733. The zero-order chi connectivity index (χ0) is 18.1. The lowest BCUT2D eigenvalue weighted by molar-refractivity contribution is -0.134. The molecule has 1 saturated heterocycles. The molecular formula is C18H19N5O3. The van der Waals surface area contributed by atoms with Gasteiger partial charge in [0, 0.05) is 5.56 Å². The first-order valence-electron chi connectivity index (χ1n) is 8.68. The van der Waals surface area contributed by atoms with Crippen molar-refractivity contribution in [1.82, 2.24) is 25.9 Å². The third-order valence-electron chi connectivity index (χ3n) is 4.97. The summed E-state index contributed by atoms with van der Waals surface area (Å²) in [6.45, 7) is 0. The molecule has 2 aliphatic rings. The first kappa shape index (κ1) is 16.3. The van der Waals surface area contributed by atoms with E-state index < -0.39 is 23.4 Å². The molecule has 2 heterocycles. The van der Waals surface area contributed by atoms with Crippen molar-refractivity contribution in [3.63, 3.8) is 0 Å². The van der Waals surface area contributed by atoms with E-state index in [0.29, 0.717) is 18.5 Å². The van der Waals surface area contributed by atoms with Crippen molar-refractivity contribution in [2.75, 3.05) is 0 Å². The van der Waals surface area contributed by atoms with E-state index in [-0.39, 0.29) is 5.69 Å². The average molecular weight is 353 g/mol. The van der Waals surface area contributed by atoms with Crippen LogP contribution in [0.1, 0.15) is 42.6 Å². The van der Waals surface area contributed by atoms with Gasteiger partial charge in [-0.05, 0) is 18.9 Å². The first-order chi connectivity index (χ1) is 12.6. The van der Waals surface area contributed by atoms with Crippen molar-refractivity contribution in [2.45, 2.75) is 37.6 Å². The van der Waals surface area contributed by atoms with Crippen LogP contribution in [0, 0.1) is 0 Å². The Labute approximate surface area is 149 Å². The number of aromatic amines is 1. The number of aromatic nitrogens is 2. The molecule has 1 aromatic heterocycles. The van der Waals surface area contributed by atoms with E-state index in [1.165, 1.54) is 0 Å². The largest absolute Gasteiger partial charge is 0.344 e. The number of rotatable bonds is 3. The summed E-state index contributed by atoms with van der Waals surface area (Å²) in [5.41, 5.74) is 3.17. The molecule has 1 aliphatic carbocycles. The molecule has 1 spiro atoms. The summed E-state index contributed by atoms with van der Waals surface area (Å²) >= 11 is 0. The second-order valence-electron chi connectivity index (χ2n) is 6.69. The van der Waals surface area contributed by atoms with Gasteiger partial charge in [0.25, 0.3) is 11.8 Å². The van der Waals surface area contributed by atoms with E-state index in [2.05, 4.69) is 20.9 Å². The van der Waals surface area contributed by atoms with Gasteiger partial charge in [0.1, 0.15) is 11.2 Å². The highest BCUT2D eigenvalue weighted by atomic mass is 16.2. The Morgan fingerprint density at radius 1 is 1.12 bits per heavy atom. The van der Waals surface area contributed by atoms with E-state index in [4.69, 9.17) is 0 Å². The summed E-state index contributed by atoms with van der Waals surface area (Å²) in [5.74, 6) is -0.977. The number of nitrogens with zero attached hydrogens (tertiary/aromatic N) is 2. The highest BCUT2D eigenvalue weighted by Gasteiger charge is 2.52. The molecule has 8 heteroatoms. The number of hydrogen-bond acceptors (Lipinski definition) is 4. The lowest BCUT2D eigenvalue weighted by Crippen LogP contribution is -2.51. The van der Waals surface area contributed by atoms with Crippen LogP contribution >= 0.6 is 0 Å². The van der Waals surface area contributed by atoms with E-state index in [1.54, 1.807) is 6.07 Å². The first-order valence-corrected chi connectivity index (χ1v) is 8.68. The van der Waals surface area contributed by atoms with Gasteiger partial charge in [0.2, 0.25) is 0 Å². The molecule has 1 saturated carbocycles. The second kappa shape index (κ2) is 6.29. The van der Waals surface area contributed by atoms with Crippen LogP contribution in [-0.4, -0.2) is 38.6 Å². The number of carbonyl (C=O) groups is 3. The number of hydrogen-bond donors (Lipinski definition) is 3. The number of carbonyl (C=O) groups excluding carboxylic acids is 3. The minimum absolute atomic E-state index is 0.175. The zero-order valence-corrected chi connectivity index (χ0v) is 14.1. The molecule has 2 fully saturated rings. The number of urea groups is 1. The molecule has 26 heavy (non-hydrogen) atoms. The van der Waals surface area contributed by atoms with Crippen molar-refractivity contribution in [2.24, 2.45) is 0 Å². The smallest absolute Gasteiger partial charge is 0.322 e. The predicted octanol–water partition coefficient (Wildman–Crippen LogP) is 1.98. The lowest BCUT2D eigenvalue weighted by atomic mass is 9.82. The molecule has 0 radical (unpaired) electrons. The van der Waals surface area contributed by atoms with Crippen LogP contribution < -0.4 is 10.7 Å². The molecular weight excluding hydrogens is 334 g/mol. The molecule has 0 atom stereocenters. The van der Waals surface area contributed by atoms with Crippen molar-refractivity contribution in [3.8, 4) is 11.3 Å². The highest BCUT2D eigenvalue weighted by molar-refractivity contribution is 6.09. The Balaban J connectivity index is 1.49. The summed E-state index contributed by atoms with van der Waals surface area (Å²) in [6.07, 6.45) is 4.02. The Hall–Kier alpha value is -3.16. The monoisotopic (exact) mass is 353 g/mol. The van der Waals surface area contributed by atoms with Gasteiger partial charge < -0.3 is 5.32 Å². The standard InChI is InChI=1S/C18H19N5O3/c24-15(14-11-13(20-21-14)12-7-3-1-4-8-12)22-23-16(25)18(19-17(23)26)9-5-2-6-10-18/h1,3-4,7-8,11H,2,5-6,9-10H2,(H,19,26)(H,20,21)(H,22,24). The highest BCUT2D eigenvalue weighted by Crippen LogP contribution is 2.33. The van der Waals surface area contributed by atoms with Crippen molar-refractivity contribution in [3.05, 3.63) is 42.1 Å². The van der Waals surface area contributed by atoms with E-state index >= 15 is 0 Å². The summed E-state index contributed by atoms with van der Waals surface area (Å²) in [5, 5.41) is 10.3. The van der Waals surface area contributed by atoms with Crippen LogP contribution in [0.3, 0.4) is 0 Å². The molecule has 4 amide bonds. The number of H-pyrrole nitrogens is 1. The average Bonchev–Trinajstić information content (AvgIpc) is 3.24. The topological polar surface area (TPSA) is 107 Å². The van der Waals surface area contributed by atoms with Gasteiger partial charge in [0.05, 0.1) is 5.69 Å². The Morgan fingerprint density at radius 3 is 2.58 bits per heavy atom. The predicted molar refractivity (Wildman–Crippen MR) is 92.7 cm³/mol. The van der Waals surface area contributed by atoms with Crippen molar-refractivity contribution in [1.29, 1.82) is 0 Å². The maximum Gasteiger partial charge on any atom is 0.344 e. The Morgan fingerprint density at radius 2 is 1.85 bits per heavy atom. The molecule has 3 N–H and O–H groups in total. The molecule has 0 bridgehead atoms. The van der Waals surface area contributed by atoms with Gasteiger partial charge in [-0.3, -0.25) is 20.1 Å². The van der Waals surface area contributed by atoms with Crippen molar-refractivity contribution >= 4 is 17.8 Å². The zero-order valence-electron chi connectivity index (χ0n) is 14.1. The maximum atomic E-state index is 12.7. The fourth-order valence-electron chi connectivity index (χ4n) is 3.57. The summed E-state index contributed by atoms with van der Waals surface area (Å²) < 4.78 is 0. The van der Waals surface area contributed by atoms with Crippen LogP contribution in [0.4, 0.5) is 4.79 Å². The summed E-state index contributed by atoms with van der Waals surface area (Å²) in [6, 6.07) is 10.4. The van der Waals surface area contributed by atoms with Crippen LogP contribution in [0.15, 0.2) is 36.4 Å². The van der Waals surface area contributed by atoms with Crippen LogP contribution in [0.5, 0.6) is 0 Å². The van der Waals surface area contributed by atoms with E-state index in [1.807, 2.05) is 30.3 Å². The van der Waals surface area contributed by atoms with Gasteiger partial charge in [-0.15, -0.1) is 0 Å². The maximum absolute atomic E-state index is 12.7. The van der Waals surface area contributed by atoms with Crippen molar-refractivity contribution < 1.29 is 14.4 Å². The lowest BCUT2D eigenvalue weighted by Gasteiger charge is -2.30. The number of imide groups is 1. The van der Waals surface area contributed by atoms with Gasteiger partial charge in [-0.2, -0.15) is 10.1 Å². The fraction of sp³-hybridized carbons (Fsp3) is 0.333. The number of nitrogens with one attached hydrogen (secondary N) is 3. The minimum Gasteiger partial charge on any atom is -0.322 e. The molecule has 1 aliphatic heterocycles. The normalized spacial score (nSPS) is 18.8. The Kier molecular flexibility index (Phi) is 3.95. The fourth-order valence-corrected chi connectivity index (χ4v) is 3.57. The Bertz CT molecular complexity index is 855. The number of amides is 4. The summed E-state index contributed by atoms with van der Waals surface area (Å²) in [7, 11) is 0. The van der Waals surface area contributed by atoms with Crippen LogP contribution in [0.25, 0.3) is 11.3 Å². The molecule has 1 aromatic carbocycles. The summed E-state index contributed by atoms with van der Waals surface area (Å²) in [4.78, 5) is 37.3. The molecule has 8 nitrogen and oxygen atoms in total. The molecule has 4 rings (SSSR count). The van der Waals surface area contributed by atoms with E-state index in [0.717, 1.165) is 29.8 Å². The second-order valence-corrected chi connectivity index (χ2v) is 6.69. The minimum atomic E-state index is -0.869. The molecule has 134 valence electrons. The van der Waals surface area contributed by atoms with Gasteiger partial charge in [0.15, 0.2) is 0 Å². The number of hydrazine groups is 1. The number of benzene rings is 1. The molecule has 0 unspecified atom stereocenters. The van der Waals surface area contributed by atoms with Gasteiger partial charge in [-0.25, -0.2) is 4.79 Å². The third kappa shape index (κ3) is 2.73. The van der Waals surface area contributed by atoms with Crippen LogP contribution in [0.2, 0.25) is 0 Å². The molecule has 2 aromatic rings. The SMILES string of the molecule is O=C(NN1C(=O)NC2(CCCCC2)C1=O)c1cc(-c2ccccc2)n[nH]1. The van der Waals surface area contributed by atoms with Gasteiger partial charge in [-0.1, -0.05) is 49.6 Å².